The second-order valence-electron chi connectivity index (χ2n) is 6.88. The average Bonchev–Trinajstić information content (AvgIpc) is 2.50. The summed E-state index contributed by atoms with van der Waals surface area (Å²) >= 11 is 0. The maximum atomic E-state index is 12.2. The molecule has 0 bridgehead atoms. The van der Waals surface area contributed by atoms with E-state index in [0.717, 1.165) is 0 Å². The molecule has 0 aromatic heterocycles. The topological polar surface area (TPSA) is 123 Å². The minimum absolute atomic E-state index is 0.587. The highest BCUT2D eigenvalue weighted by Crippen LogP contribution is 2.16. The van der Waals surface area contributed by atoms with E-state index in [1.165, 1.54) is 13.8 Å². The van der Waals surface area contributed by atoms with Crippen LogP contribution in [0.4, 0.5) is 4.79 Å². The summed E-state index contributed by atoms with van der Waals surface area (Å²) in [6.07, 6.45) is -0.727. The fourth-order valence-electron chi connectivity index (χ4n) is 1.82. The Morgan fingerprint density at radius 1 is 1.04 bits per heavy atom. The molecule has 0 saturated carbocycles. The van der Waals surface area contributed by atoms with Gasteiger partial charge >= 0.3 is 6.09 Å². The van der Waals surface area contributed by atoms with Gasteiger partial charge in [0, 0.05) is 0 Å². The number of amides is 3. The SMILES string of the molecule is C[C@H](NC(=O)OC(C)(C)C)C(=O)NNC(=O)[C@@](C)(N)c1ccccc1. The first-order valence-electron chi connectivity index (χ1n) is 7.87. The van der Waals surface area contributed by atoms with Gasteiger partial charge in [0.05, 0.1) is 0 Å². The summed E-state index contributed by atoms with van der Waals surface area (Å²) in [6, 6.07) is 7.86. The molecule has 3 amide bonds. The zero-order chi connectivity index (χ0) is 19.3. The number of benzene rings is 1. The Hall–Kier alpha value is -2.61. The molecular formula is C17H26N4O4. The number of hydrogen-bond acceptors (Lipinski definition) is 5. The normalized spacial score (nSPS) is 14.6. The summed E-state index contributed by atoms with van der Waals surface area (Å²) < 4.78 is 5.06. The predicted octanol–water partition coefficient (Wildman–Crippen LogP) is 0.921. The van der Waals surface area contributed by atoms with Gasteiger partial charge in [-0.15, -0.1) is 0 Å². The molecule has 0 saturated heterocycles. The summed E-state index contributed by atoms with van der Waals surface area (Å²) in [7, 11) is 0. The monoisotopic (exact) mass is 350 g/mol. The lowest BCUT2D eigenvalue weighted by Gasteiger charge is -2.25. The van der Waals surface area contributed by atoms with Crippen LogP contribution in [0.1, 0.15) is 40.2 Å². The van der Waals surface area contributed by atoms with Gasteiger partial charge in [0.25, 0.3) is 11.8 Å². The third-order valence-corrected chi connectivity index (χ3v) is 3.27. The molecule has 1 aromatic rings. The summed E-state index contributed by atoms with van der Waals surface area (Å²) in [4.78, 5) is 35.8. The number of carbonyl (C=O) groups excluding carboxylic acids is 3. The van der Waals surface area contributed by atoms with E-state index in [0.29, 0.717) is 5.56 Å². The van der Waals surface area contributed by atoms with E-state index < -0.39 is 35.1 Å². The van der Waals surface area contributed by atoms with Gasteiger partial charge in [-0.05, 0) is 40.2 Å². The zero-order valence-electron chi connectivity index (χ0n) is 15.2. The van der Waals surface area contributed by atoms with Gasteiger partial charge in [0.1, 0.15) is 17.2 Å². The van der Waals surface area contributed by atoms with Crippen molar-refractivity contribution in [3.8, 4) is 0 Å². The van der Waals surface area contributed by atoms with Crippen molar-refractivity contribution in [2.24, 2.45) is 5.73 Å². The molecule has 0 aliphatic rings. The first kappa shape index (κ1) is 20.4. The summed E-state index contributed by atoms with van der Waals surface area (Å²) in [5.41, 5.74) is 9.15. The van der Waals surface area contributed by atoms with Crippen LogP contribution in [0.25, 0.3) is 0 Å². The molecule has 8 nitrogen and oxygen atoms in total. The van der Waals surface area contributed by atoms with E-state index in [1.807, 2.05) is 6.07 Å². The van der Waals surface area contributed by atoms with Gasteiger partial charge in [0.15, 0.2) is 0 Å². The number of hydrogen-bond donors (Lipinski definition) is 4. The summed E-state index contributed by atoms with van der Waals surface area (Å²) in [6.45, 7) is 8.13. The van der Waals surface area contributed by atoms with Gasteiger partial charge in [0.2, 0.25) is 0 Å². The van der Waals surface area contributed by atoms with E-state index in [2.05, 4.69) is 16.2 Å². The molecule has 0 aliphatic carbocycles. The molecule has 0 unspecified atom stereocenters. The molecule has 2 atom stereocenters. The fraction of sp³-hybridized carbons (Fsp3) is 0.471. The number of nitrogens with one attached hydrogen (secondary N) is 3. The highest BCUT2D eigenvalue weighted by molar-refractivity contribution is 5.91. The van der Waals surface area contributed by atoms with Crippen molar-refractivity contribution in [2.45, 2.75) is 51.8 Å². The molecule has 138 valence electrons. The second-order valence-corrected chi connectivity index (χ2v) is 6.88. The second kappa shape index (κ2) is 7.98. The van der Waals surface area contributed by atoms with Crippen LogP contribution in [0, 0.1) is 0 Å². The average molecular weight is 350 g/mol. The Balaban J connectivity index is 2.55. The van der Waals surface area contributed by atoms with Crippen LogP contribution in [0.3, 0.4) is 0 Å². The van der Waals surface area contributed by atoms with E-state index in [9.17, 15) is 14.4 Å². The Bertz CT molecular complexity index is 623. The van der Waals surface area contributed by atoms with Crippen LogP contribution in [0.15, 0.2) is 30.3 Å². The van der Waals surface area contributed by atoms with Gasteiger partial charge in [-0.1, -0.05) is 30.3 Å². The number of hydrazine groups is 1. The van der Waals surface area contributed by atoms with Crippen molar-refractivity contribution in [1.29, 1.82) is 0 Å². The fourth-order valence-corrected chi connectivity index (χ4v) is 1.82. The number of alkyl carbamates (subject to hydrolysis) is 1. The van der Waals surface area contributed by atoms with E-state index in [-0.39, 0.29) is 0 Å². The lowest BCUT2D eigenvalue weighted by molar-refractivity contribution is -0.132. The first-order valence-corrected chi connectivity index (χ1v) is 7.87. The third kappa shape index (κ3) is 6.42. The van der Waals surface area contributed by atoms with Crippen molar-refractivity contribution in [3.05, 3.63) is 35.9 Å². The van der Waals surface area contributed by atoms with Gasteiger partial charge in [-0.2, -0.15) is 0 Å². The molecule has 8 heteroatoms. The highest BCUT2D eigenvalue weighted by Gasteiger charge is 2.31. The van der Waals surface area contributed by atoms with E-state index in [4.69, 9.17) is 10.5 Å². The van der Waals surface area contributed by atoms with Gasteiger partial charge in [-0.25, -0.2) is 4.79 Å². The number of ether oxygens (including phenoxy) is 1. The van der Waals surface area contributed by atoms with Crippen LogP contribution in [-0.2, 0) is 19.9 Å². The molecule has 0 fully saturated rings. The molecule has 0 heterocycles. The van der Waals surface area contributed by atoms with E-state index >= 15 is 0 Å². The van der Waals surface area contributed by atoms with Crippen LogP contribution >= 0.6 is 0 Å². The van der Waals surface area contributed by atoms with Crippen LogP contribution in [0.2, 0.25) is 0 Å². The standard InChI is InChI=1S/C17H26N4O4/c1-11(19-15(24)25-16(2,3)4)13(22)20-21-14(23)17(5,18)12-9-7-6-8-10-12/h6-11H,18H2,1-5H3,(H,19,24)(H,20,22)(H,21,23)/t11-,17-/m0/s1. The van der Waals surface area contributed by atoms with Crippen LogP contribution in [-0.4, -0.2) is 29.6 Å². The molecule has 0 aliphatic heterocycles. The van der Waals surface area contributed by atoms with Crippen molar-refractivity contribution < 1.29 is 19.1 Å². The molecule has 0 radical (unpaired) electrons. The maximum absolute atomic E-state index is 12.2. The Morgan fingerprint density at radius 3 is 2.12 bits per heavy atom. The Morgan fingerprint density at radius 2 is 1.60 bits per heavy atom. The largest absolute Gasteiger partial charge is 0.444 e. The van der Waals surface area contributed by atoms with Crippen molar-refractivity contribution >= 4 is 17.9 Å². The molecular weight excluding hydrogens is 324 g/mol. The smallest absolute Gasteiger partial charge is 0.408 e. The molecule has 5 N–H and O–H groups in total. The third-order valence-electron chi connectivity index (χ3n) is 3.27. The lowest BCUT2D eigenvalue weighted by Crippen LogP contribution is -2.57. The molecule has 25 heavy (non-hydrogen) atoms. The minimum Gasteiger partial charge on any atom is -0.444 e. The predicted molar refractivity (Wildman–Crippen MR) is 93.1 cm³/mol. The molecule has 1 rings (SSSR count). The minimum atomic E-state index is -1.32. The summed E-state index contributed by atoms with van der Waals surface area (Å²) in [5.74, 6) is -1.19. The first-order chi connectivity index (χ1) is 11.4. The number of rotatable bonds is 4. The highest BCUT2D eigenvalue weighted by atomic mass is 16.6. The zero-order valence-corrected chi connectivity index (χ0v) is 15.2. The van der Waals surface area contributed by atoms with Crippen molar-refractivity contribution in [2.75, 3.05) is 0 Å². The molecule has 1 aromatic carbocycles. The van der Waals surface area contributed by atoms with E-state index in [1.54, 1.807) is 45.0 Å². The quantitative estimate of drug-likeness (QED) is 0.602. The van der Waals surface area contributed by atoms with Crippen molar-refractivity contribution in [1.82, 2.24) is 16.2 Å². The summed E-state index contributed by atoms with van der Waals surface area (Å²) in [5, 5.41) is 2.37. The van der Waals surface area contributed by atoms with Gasteiger partial charge < -0.3 is 15.8 Å². The molecule has 0 spiro atoms. The maximum Gasteiger partial charge on any atom is 0.408 e. The van der Waals surface area contributed by atoms with Crippen LogP contribution < -0.4 is 21.9 Å². The van der Waals surface area contributed by atoms with Crippen LogP contribution in [0.5, 0.6) is 0 Å². The lowest BCUT2D eigenvalue weighted by atomic mass is 9.93. The van der Waals surface area contributed by atoms with Gasteiger partial charge in [-0.3, -0.25) is 20.4 Å². The number of carbonyl (C=O) groups is 3. The Labute approximate surface area is 147 Å². The van der Waals surface area contributed by atoms with Crippen molar-refractivity contribution in [3.63, 3.8) is 0 Å². The number of nitrogens with two attached hydrogens (primary N) is 1. The Kier molecular flexibility index (Phi) is 6.52.